The second-order valence-corrected chi connectivity index (χ2v) is 8.62. The second-order valence-electron chi connectivity index (χ2n) is 7.79. The third-order valence-electron chi connectivity index (χ3n) is 5.96. The number of hydrogen-bond donors (Lipinski definition) is 1. The maximum atomic E-state index is 13.1. The Morgan fingerprint density at radius 2 is 1.62 bits per heavy atom. The van der Waals surface area contributed by atoms with Gasteiger partial charge in [0, 0.05) is 49.0 Å². The van der Waals surface area contributed by atoms with E-state index in [1.807, 2.05) is 10.3 Å². The Kier molecular flexibility index (Phi) is 5.80. The van der Waals surface area contributed by atoms with Gasteiger partial charge in [-0.2, -0.15) is 0 Å². The fraction of sp³-hybridized carbons (Fsp3) is 0.476. The van der Waals surface area contributed by atoms with Crippen molar-refractivity contribution in [1.82, 2.24) is 9.88 Å². The van der Waals surface area contributed by atoms with E-state index in [1.54, 1.807) is 23.5 Å². The molecule has 2 aromatic rings. The van der Waals surface area contributed by atoms with Gasteiger partial charge in [0.25, 0.3) is 0 Å². The minimum Gasteiger partial charge on any atom is -0.369 e. The van der Waals surface area contributed by atoms with Gasteiger partial charge in [-0.25, -0.2) is 9.37 Å². The first kappa shape index (κ1) is 19.8. The lowest BCUT2D eigenvalue weighted by Crippen LogP contribution is -2.46. The molecule has 2 aliphatic rings. The van der Waals surface area contributed by atoms with Crippen LogP contribution >= 0.6 is 11.3 Å². The molecule has 2 amide bonds. The molecule has 0 spiro atoms. The summed E-state index contributed by atoms with van der Waals surface area (Å²) in [5, 5.41) is 2.93. The number of thiazole rings is 1. The minimum atomic E-state index is -0.256. The first-order valence-corrected chi connectivity index (χ1v) is 10.9. The maximum Gasteiger partial charge on any atom is 0.225 e. The van der Waals surface area contributed by atoms with Crippen LogP contribution < -0.4 is 10.6 Å². The van der Waals surface area contributed by atoms with Crippen LogP contribution in [0.1, 0.15) is 25.7 Å². The Morgan fingerprint density at radius 1 is 1.00 bits per heavy atom. The summed E-state index contributed by atoms with van der Waals surface area (Å²) in [6.07, 6.45) is 2.95. The van der Waals surface area contributed by atoms with Crippen LogP contribution in [0.15, 0.2) is 29.6 Å². The van der Waals surface area contributed by atoms with E-state index < -0.39 is 0 Å². The number of anilines is 1. The molecule has 2 fully saturated rings. The van der Waals surface area contributed by atoms with Crippen molar-refractivity contribution in [2.24, 2.45) is 17.6 Å². The van der Waals surface area contributed by atoms with E-state index in [0.717, 1.165) is 42.3 Å². The predicted octanol–water partition coefficient (Wildman–Crippen LogP) is 2.89. The minimum absolute atomic E-state index is 0.0351. The molecular weight excluding hydrogens is 391 g/mol. The van der Waals surface area contributed by atoms with Gasteiger partial charge >= 0.3 is 0 Å². The average Bonchev–Trinajstić information content (AvgIpc) is 3.24. The molecule has 3 heterocycles. The van der Waals surface area contributed by atoms with Crippen molar-refractivity contribution in [3.63, 3.8) is 0 Å². The summed E-state index contributed by atoms with van der Waals surface area (Å²) in [6.45, 7) is 2.84. The molecule has 1 aromatic heterocycles. The monoisotopic (exact) mass is 416 g/mol. The number of aromatic nitrogens is 1. The Bertz CT molecular complexity index is 869. The van der Waals surface area contributed by atoms with Gasteiger partial charge in [-0.15, -0.1) is 11.3 Å². The molecule has 0 aliphatic carbocycles. The van der Waals surface area contributed by atoms with Crippen molar-refractivity contribution in [2.75, 3.05) is 31.1 Å². The largest absolute Gasteiger partial charge is 0.369 e. The molecule has 0 bridgehead atoms. The number of rotatable bonds is 4. The fourth-order valence-electron chi connectivity index (χ4n) is 4.12. The Labute approximate surface area is 173 Å². The van der Waals surface area contributed by atoms with Gasteiger partial charge in [0.05, 0.1) is 5.69 Å². The fourth-order valence-corrected chi connectivity index (χ4v) is 5.01. The zero-order valence-electron chi connectivity index (χ0n) is 16.2. The summed E-state index contributed by atoms with van der Waals surface area (Å²) >= 11 is 1.58. The van der Waals surface area contributed by atoms with E-state index >= 15 is 0 Å². The first-order valence-electron chi connectivity index (χ1n) is 10.1. The number of hydrogen-bond acceptors (Lipinski definition) is 5. The number of likely N-dealkylation sites (tertiary alicyclic amines) is 1. The van der Waals surface area contributed by atoms with Crippen molar-refractivity contribution in [2.45, 2.75) is 25.7 Å². The second kappa shape index (κ2) is 8.49. The topological polar surface area (TPSA) is 79.5 Å². The van der Waals surface area contributed by atoms with Crippen LogP contribution in [-0.2, 0) is 9.59 Å². The SMILES string of the molecule is NC(=O)C1CCN(C(=O)C2CCN(c3nc(-c4ccc(F)cc4)cs3)CC2)CC1. The molecule has 2 saturated heterocycles. The van der Waals surface area contributed by atoms with Crippen LogP contribution in [-0.4, -0.2) is 47.9 Å². The van der Waals surface area contributed by atoms with E-state index in [-0.39, 0.29) is 29.5 Å². The predicted molar refractivity (Wildman–Crippen MR) is 111 cm³/mol. The van der Waals surface area contributed by atoms with Crippen LogP contribution in [0.2, 0.25) is 0 Å². The number of amides is 2. The van der Waals surface area contributed by atoms with Gasteiger partial charge in [-0.1, -0.05) is 0 Å². The molecule has 154 valence electrons. The number of primary amides is 1. The highest BCUT2D eigenvalue weighted by Crippen LogP contribution is 2.31. The number of nitrogens with two attached hydrogens (primary N) is 1. The van der Waals surface area contributed by atoms with Gasteiger partial charge < -0.3 is 15.5 Å². The van der Waals surface area contributed by atoms with E-state index in [9.17, 15) is 14.0 Å². The summed E-state index contributed by atoms with van der Waals surface area (Å²) in [6, 6.07) is 6.36. The van der Waals surface area contributed by atoms with Gasteiger partial charge in [-0.05, 0) is 49.9 Å². The molecule has 4 rings (SSSR count). The molecule has 0 unspecified atom stereocenters. The highest BCUT2D eigenvalue weighted by molar-refractivity contribution is 7.14. The molecule has 0 saturated carbocycles. The number of piperidine rings is 2. The van der Waals surface area contributed by atoms with Crippen LogP contribution in [0, 0.1) is 17.7 Å². The smallest absolute Gasteiger partial charge is 0.225 e. The van der Waals surface area contributed by atoms with Crippen molar-refractivity contribution in [3.8, 4) is 11.3 Å². The molecule has 0 radical (unpaired) electrons. The Hall–Kier alpha value is -2.48. The zero-order chi connectivity index (χ0) is 20.4. The van der Waals surface area contributed by atoms with E-state index in [0.29, 0.717) is 25.9 Å². The molecule has 2 N–H and O–H groups in total. The standard InChI is InChI=1S/C21H25FN4O2S/c22-17-3-1-14(2-4-17)18-13-29-21(24-18)26-11-7-16(8-12-26)20(28)25-9-5-15(6-10-25)19(23)27/h1-4,13,15-16H,5-12H2,(H2,23,27). The number of carbonyl (C=O) groups is 2. The number of benzene rings is 1. The summed E-state index contributed by atoms with van der Waals surface area (Å²) in [4.78, 5) is 33.0. The lowest BCUT2D eigenvalue weighted by Gasteiger charge is -2.36. The molecule has 0 atom stereocenters. The molecule has 8 heteroatoms. The third kappa shape index (κ3) is 4.42. The van der Waals surface area contributed by atoms with E-state index in [4.69, 9.17) is 10.7 Å². The molecule has 1 aromatic carbocycles. The summed E-state index contributed by atoms with van der Waals surface area (Å²) in [7, 11) is 0. The van der Waals surface area contributed by atoms with Crippen molar-refractivity contribution in [3.05, 3.63) is 35.5 Å². The van der Waals surface area contributed by atoms with Crippen LogP contribution in [0.5, 0.6) is 0 Å². The molecular formula is C21H25FN4O2S. The normalized spacial score (nSPS) is 18.8. The van der Waals surface area contributed by atoms with Crippen molar-refractivity contribution >= 4 is 28.3 Å². The van der Waals surface area contributed by atoms with Crippen molar-refractivity contribution in [1.29, 1.82) is 0 Å². The number of nitrogens with zero attached hydrogens (tertiary/aromatic N) is 3. The van der Waals surface area contributed by atoms with Crippen LogP contribution in [0.4, 0.5) is 9.52 Å². The average molecular weight is 417 g/mol. The highest BCUT2D eigenvalue weighted by Gasteiger charge is 2.32. The summed E-state index contributed by atoms with van der Waals surface area (Å²) in [5.41, 5.74) is 7.13. The lowest BCUT2D eigenvalue weighted by molar-refractivity contribution is -0.139. The summed E-state index contributed by atoms with van der Waals surface area (Å²) in [5.74, 6) is -0.364. The highest BCUT2D eigenvalue weighted by atomic mass is 32.1. The van der Waals surface area contributed by atoms with Crippen molar-refractivity contribution < 1.29 is 14.0 Å². The number of halogens is 1. The zero-order valence-corrected chi connectivity index (χ0v) is 17.0. The van der Waals surface area contributed by atoms with E-state index in [1.165, 1.54) is 12.1 Å². The quantitative estimate of drug-likeness (QED) is 0.831. The van der Waals surface area contributed by atoms with Gasteiger partial charge in [0.15, 0.2) is 5.13 Å². The van der Waals surface area contributed by atoms with Crippen LogP contribution in [0.3, 0.4) is 0 Å². The first-order chi connectivity index (χ1) is 14.0. The summed E-state index contributed by atoms with van der Waals surface area (Å²) < 4.78 is 13.1. The Balaban J connectivity index is 1.31. The maximum absolute atomic E-state index is 13.1. The lowest BCUT2D eigenvalue weighted by atomic mass is 9.92. The van der Waals surface area contributed by atoms with Gasteiger partial charge in [0.2, 0.25) is 11.8 Å². The third-order valence-corrected chi connectivity index (χ3v) is 6.86. The molecule has 29 heavy (non-hydrogen) atoms. The Morgan fingerprint density at radius 3 is 2.24 bits per heavy atom. The van der Waals surface area contributed by atoms with Gasteiger partial charge in [0.1, 0.15) is 5.82 Å². The molecule has 6 nitrogen and oxygen atoms in total. The van der Waals surface area contributed by atoms with Gasteiger partial charge in [-0.3, -0.25) is 9.59 Å². The number of carbonyl (C=O) groups excluding carboxylic acids is 2. The van der Waals surface area contributed by atoms with Crippen LogP contribution in [0.25, 0.3) is 11.3 Å². The molecule has 2 aliphatic heterocycles. The van der Waals surface area contributed by atoms with E-state index in [2.05, 4.69) is 4.90 Å².